The van der Waals surface area contributed by atoms with E-state index in [-0.39, 0.29) is 17.5 Å². The molecular weight excluding hydrogens is 411 g/mol. The van der Waals surface area contributed by atoms with Crippen molar-refractivity contribution in [2.75, 3.05) is 13.1 Å². The molecule has 1 amide bonds. The van der Waals surface area contributed by atoms with Crippen LogP contribution in [0.3, 0.4) is 0 Å². The standard InChI is InChI=1S/C24H21FN4O3/c25-18-7-3-16(4-8-18)21-26-27-22-20(2-1-13-29(21)22)23(31)28-14-11-24(32,12-15-28)17-5-9-19(30)10-6-17/h1-10,13,30,32H,11-12,14-15H2. The first-order chi connectivity index (χ1) is 15.4. The molecule has 0 radical (unpaired) electrons. The SMILES string of the molecule is O=C(c1cccn2c(-c3ccc(F)cc3)nnc12)N1CCC(O)(c2ccc(O)cc2)CC1. The predicted molar refractivity (Wildman–Crippen MR) is 116 cm³/mol. The highest BCUT2D eigenvalue weighted by Gasteiger charge is 2.36. The Bertz CT molecular complexity index is 1280. The number of carbonyl (C=O) groups excluding carboxylic acids is 1. The molecule has 2 aromatic heterocycles. The fraction of sp³-hybridized carbons (Fsp3) is 0.208. The highest BCUT2D eigenvalue weighted by molar-refractivity contribution is 6.00. The summed E-state index contributed by atoms with van der Waals surface area (Å²) in [5.41, 5.74) is 1.23. The van der Waals surface area contributed by atoms with E-state index in [1.54, 1.807) is 64.0 Å². The molecule has 3 heterocycles. The molecule has 2 N–H and O–H groups in total. The Morgan fingerprint density at radius 2 is 1.66 bits per heavy atom. The summed E-state index contributed by atoms with van der Waals surface area (Å²) >= 11 is 0. The molecule has 0 aliphatic carbocycles. The third-order valence-corrected chi connectivity index (χ3v) is 6.05. The molecule has 162 valence electrons. The number of aromatic nitrogens is 3. The van der Waals surface area contributed by atoms with Crippen LogP contribution in [-0.2, 0) is 5.60 Å². The van der Waals surface area contributed by atoms with Gasteiger partial charge in [0, 0.05) is 24.8 Å². The summed E-state index contributed by atoms with van der Waals surface area (Å²) < 4.78 is 15.0. The molecule has 4 aromatic rings. The smallest absolute Gasteiger partial charge is 0.257 e. The molecule has 5 rings (SSSR count). The Hall–Kier alpha value is -3.78. The number of phenols is 1. The Morgan fingerprint density at radius 3 is 2.34 bits per heavy atom. The van der Waals surface area contributed by atoms with Crippen molar-refractivity contribution >= 4 is 11.6 Å². The van der Waals surface area contributed by atoms with Crippen LogP contribution in [0.15, 0.2) is 66.9 Å². The predicted octanol–water partition coefficient (Wildman–Crippen LogP) is 3.36. The van der Waals surface area contributed by atoms with Crippen LogP contribution < -0.4 is 0 Å². The molecule has 1 fully saturated rings. The number of rotatable bonds is 3. The fourth-order valence-electron chi connectivity index (χ4n) is 4.19. The molecule has 1 aliphatic rings. The number of likely N-dealkylation sites (tertiary alicyclic amines) is 1. The number of aromatic hydroxyl groups is 1. The number of benzene rings is 2. The second-order valence-corrected chi connectivity index (χ2v) is 8.02. The number of fused-ring (bicyclic) bond motifs is 1. The van der Waals surface area contributed by atoms with Gasteiger partial charge in [-0.05, 0) is 66.9 Å². The minimum atomic E-state index is -1.04. The average molecular weight is 432 g/mol. The van der Waals surface area contributed by atoms with Gasteiger partial charge in [-0.2, -0.15) is 0 Å². The minimum Gasteiger partial charge on any atom is -0.508 e. The van der Waals surface area contributed by atoms with Crippen molar-refractivity contribution < 1.29 is 19.4 Å². The van der Waals surface area contributed by atoms with Crippen LogP contribution in [0.5, 0.6) is 5.75 Å². The molecule has 0 atom stereocenters. The van der Waals surface area contributed by atoms with Gasteiger partial charge in [0.25, 0.3) is 5.91 Å². The molecule has 2 aromatic carbocycles. The number of amides is 1. The summed E-state index contributed by atoms with van der Waals surface area (Å²) in [6.07, 6.45) is 2.55. The molecule has 0 saturated carbocycles. The summed E-state index contributed by atoms with van der Waals surface area (Å²) in [5.74, 6) is 0.151. The van der Waals surface area contributed by atoms with E-state index in [4.69, 9.17) is 0 Å². The molecule has 0 spiro atoms. The van der Waals surface area contributed by atoms with Crippen molar-refractivity contribution in [2.45, 2.75) is 18.4 Å². The van der Waals surface area contributed by atoms with E-state index in [1.807, 2.05) is 0 Å². The van der Waals surface area contributed by atoms with E-state index in [0.717, 1.165) is 5.56 Å². The number of nitrogens with zero attached hydrogens (tertiary/aromatic N) is 4. The molecule has 7 nitrogen and oxygen atoms in total. The topological polar surface area (TPSA) is 91.0 Å². The zero-order valence-corrected chi connectivity index (χ0v) is 17.1. The number of carbonyl (C=O) groups is 1. The second-order valence-electron chi connectivity index (χ2n) is 8.02. The van der Waals surface area contributed by atoms with Crippen molar-refractivity contribution in [3.8, 4) is 17.1 Å². The number of piperidine rings is 1. The second kappa shape index (κ2) is 7.72. The van der Waals surface area contributed by atoms with Gasteiger partial charge < -0.3 is 15.1 Å². The zero-order chi connectivity index (χ0) is 22.3. The van der Waals surface area contributed by atoms with Crippen LogP contribution in [0.2, 0.25) is 0 Å². The van der Waals surface area contributed by atoms with Crippen LogP contribution in [0, 0.1) is 5.82 Å². The van der Waals surface area contributed by atoms with Crippen molar-refractivity contribution in [1.29, 1.82) is 0 Å². The van der Waals surface area contributed by atoms with Crippen molar-refractivity contribution in [2.24, 2.45) is 0 Å². The maximum Gasteiger partial charge on any atom is 0.257 e. The number of aliphatic hydroxyl groups is 1. The number of hydrogen-bond donors (Lipinski definition) is 2. The maximum absolute atomic E-state index is 13.3. The monoisotopic (exact) mass is 432 g/mol. The van der Waals surface area contributed by atoms with Gasteiger partial charge in [-0.15, -0.1) is 10.2 Å². The highest BCUT2D eigenvalue weighted by Crippen LogP contribution is 2.34. The lowest BCUT2D eigenvalue weighted by Gasteiger charge is -2.38. The lowest BCUT2D eigenvalue weighted by Crippen LogP contribution is -2.45. The molecule has 1 saturated heterocycles. The molecule has 1 aliphatic heterocycles. The first-order valence-electron chi connectivity index (χ1n) is 10.4. The summed E-state index contributed by atoms with van der Waals surface area (Å²) in [5, 5.41) is 29.0. The molecule has 32 heavy (non-hydrogen) atoms. The summed E-state index contributed by atoms with van der Waals surface area (Å²) in [6, 6.07) is 15.9. The van der Waals surface area contributed by atoms with Crippen LogP contribution >= 0.6 is 0 Å². The van der Waals surface area contributed by atoms with Crippen LogP contribution in [0.25, 0.3) is 17.0 Å². The van der Waals surface area contributed by atoms with Crippen molar-refractivity contribution in [1.82, 2.24) is 19.5 Å². The largest absolute Gasteiger partial charge is 0.508 e. The summed E-state index contributed by atoms with van der Waals surface area (Å²) in [6.45, 7) is 0.770. The third-order valence-electron chi connectivity index (χ3n) is 6.05. The van der Waals surface area contributed by atoms with Gasteiger partial charge in [0.2, 0.25) is 0 Å². The Balaban J connectivity index is 1.39. The van der Waals surface area contributed by atoms with Gasteiger partial charge in [0.15, 0.2) is 11.5 Å². The summed E-state index contributed by atoms with van der Waals surface area (Å²) in [4.78, 5) is 15.0. The number of pyridine rings is 1. The Labute approximate surface area is 183 Å². The summed E-state index contributed by atoms with van der Waals surface area (Å²) in [7, 11) is 0. The van der Waals surface area contributed by atoms with Gasteiger partial charge in [0.1, 0.15) is 11.6 Å². The van der Waals surface area contributed by atoms with E-state index in [1.165, 1.54) is 12.1 Å². The highest BCUT2D eigenvalue weighted by atomic mass is 19.1. The number of hydrogen-bond acceptors (Lipinski definition) is 5. The Morgan fingerprint density at radius 1 is 0.969 bits per heavy atom. The quantitative estimate of drug-likeness (QED) is 0.518. The first kappa shape index (κ1) is 20.1. The lowest BCUT2D eigenvalue weighted by atomic mass is 9.84. The number of halogens is 1. The molecule has 8 heteroatoms. The molecular formula is C24H21FN4O3. The average Bonchev–Trinajstić information content (AvgIpc) is 3.24. The third kappa shape index (κ3) is 3.48. The fourth-order valence-corrected chi connectivity index (χ4v) is 4.19. The maximum atomic E-state index is 13.3. The van der Waals surface area contributed by atoms with E-state index in [2.05, 4.69) is 10.2 Å². The molecule has 0 bridgehead atoms. The molecule has 0 unspecified atom stereocenters. The van der Waals surface area contributed by atoms with E-state index in [9.17, 15) is 19.4 Å². The van der Waals surface area contributed by atoms with E-state index >= 15 is 0 Å². The van der Waals surface area contributed by atoms with Crippen LogP contribution in [-0.4, -0.2) is 48.7 Å². The minimum absolute atomic E-state index is 0.145. The zero-order valence-electron chi connectivity index (χ0n) is 17.1. The van der Waals surface area contributed by atoms with Gasteiger partial charge >= 0.3 is 0 Å². The van der Waals surface area contributed by atoms with Gasteiger partial charge in [-0.1, -0.05) is 12.1 Å². The normalized spacial score (nSPS) is 15.8. The van der Waals surface area contributed by atoms with Gasteiger partial charge in [0.05, 0.1) is 11.2 Å². The van der Waals surface area contributed by atoms with Crippen molar-refractivity contribution in [3.63, 3.8) is 0 Å². The van der Waals surface area contributed by atoms with Crippen LogP contribution in [0.1, 0.15) is 28.8 Å². The van der Waals surface area contributed by atoms with Gasteiger partial charge in [-0.3, -0.25) is 9.20 Å². The van der Waals surface area contributed by atoms with E-state index < -0.39 is 5.60 Å². The van der Waals surface area contributed by atoms with Gasteiger partial charge in [-0.25, -0.2) is 4.39 Å². The lowest BCUT2D eigenvalue weighted by molar-refractivity contribution is -0.0211. The number of phenolic OH excluding ortho intramolecular Hbond substituents is 1. The van der Waals surface area contributed by atoms with E-state index in [0.29, 0.717) is 48.5 Å². The van der Waals surface area contributed by atoms with Crippen LogP contribution in [0.4, 0.5) is 4.39 Å². The first-order valence-corrected chi connectivity index (χ1v) is 10.4. The van der Waals surface area contributed by atoms with Crippen molar-refractivity contribution in [3.05, 3.63) is 83.8 Å². The Kier molecular flexibility index (Phi) is 4.86.